The van der Waals surface area contributed by atoms with E-state index in [0.29, 0.717) is 5.69 Å². The first-order valence-corrected chi connectivity index (χ1v) is 22.5. The first-order valence-electron chi connectivity index (χ1n) is 18.3. The van der Waals surface area contributed by atoms with Gasteiger partial charge in [0.15, 0.2) is 0 Å². The molecule has 0 bridgehead atoms. The Morgan fingerprint density at radius 1 is 0.632 bits per heavy atom. The van der Waals surface area contributed by atoms with E-state index in [1.54, 1.807) is 12.1 Å². The van der Waals surface area contributed by atoms with Gasteiger partial charge in [0.05, 0.1) is 46.0 Å². The van der Waals surface area contributed by atoms with Gasteiger partial charge in [-0.25, -0.2) is 25.3 Å². The number of methoxy groups -OCH3 is 2. The van der Waals surface area contributed by atoms with Crippen LogP contribution >= 0.6 is 0 Å². The van der Waals surface area contributed by atoms with E-state index >= 15 is 0 Å². The van der Waals surface area contributed by atoms with Crippen molar-refractivity contribution in [1.29, 1.82) is 0 Å². The van der Waals surface area contributed by atoms with E-state index in [2.05, 4.69) is 36.3 Å². The van der Waals surface area contributed by atoms with Crippen molar-refractivity contribution in [3.63, 3.8) is 0 Å². The molecule has 7 rings (SSSR count). The molecule has 6 aromatic rings. The number of ketones is 1. The Bertz CT molecular complexity index is 3470. The summed E-state index contributed by atoms with van der Waals surface area (Å²) in [4.78, 5) is 24.4. The molecule has 4 N–H and O–H groups in total. The average molecular weight is 1010 g/mol. The van der Waals surface area contributed by atoms with Crippen LogP contribution in [-0.4, -0.2) is 70.5 Å². The second kappa shape index (κ2) is 22.8. The molecule has 21 nitrogen and oxygen atoms in total. The van der Waals surface area contributed by atoms with Crippen molar-refractivity contribution < 1.29 is 147 Å². The van der Waals surface area contributed by atoms with Gasteiger partial charge < -0.3 is 34.2 Å². The van der Waals surface area contributed by atoms with Gasteiger partial charge in [0.2, 0.25) is 5.78 Å². The predicted octanol–water partition coefficient (Wildman–Crippen LogP) is -2.11. The summed E-state index contributed by atoms with van der Waals surface area (Å²) in [6.45, 7) is 0. The Balaban J connectivity index is 0.00000336. The van der Waals surface area contributed by atoms with Gasteiger partial charge >= 0.3 is 88.7 Å². The van der Waals surface area contributed by atoms with Gasteiger partial charge in [-0.15, -0.1) is 15.3 Å². The number of hydrogen-bond donors (Lipinski definition) is 3. The molecule has 332 valence electrons. The van der Waals surface area contributed by atoms with Crippen LogP contribution in [0.4, 0.5) is 39.8 Å². The Hall–Kier alpha value is -4.74. The molecule has 0 aromatic heterocycles. The third-order valence-corrected chi connectivity index (χ3v) is 11.9. The zero-order valence-electron chi connectivity index (χ0n) is 36.3. The SMILES string of the molecule is COc1cc(N/N=C2/C(=O)c3ccc(NC(=O)c4cccc(N)c4)cc3C=C2S(=O)(=O)[O-])c(OC)cc1N=Nc1ccc(N=Nc2cccc(S(=O)(=O)[O-])c2)c2ccc(S(=O)(=O)[O-])cc12.[Na+].[Na+].[Na+]. The number of hydrazone groups is 1. The molecule has 0 unspecified atom stereocenters. The van der Waals surface area contributed by atoms with Crippen LogP contribution in [0.5, 0.6) is 11.5 Å². The number of nitrogen functional groups attached to an aromatic ring is 1. The number of Topliss-reactive ketones (excluding diaryl/α,β-unsaturated/α-hetero) is 1. The van der Waals surface area contributed by atoms with Crippen molar-refractivity contribution in [2.45, 2.75) is 9.79 Å². The van der Waals surface area contributed by atoms with Crippen LogP contribution in [0, 0.1) is 0 Å². The minimum atomic E-state index is -5.32. The van der Waals surface area contributed by atoms with Crippen molar-refractivity contribution in [1.82, 2.24) is 0 Å². The Kier molecular flexibility index (Phi) is 18.7. The molecule has 0 atom stereocenters. The summed E-state index contributed by atoms with van der Waals surface area (Å²) in [5.41, 5.74) is 8.50. The van der Waals surface area contributed by atoms with Gasteiger partial charge in [0.25, 0.3) is 5.91 Å². The number of benzene rings is 6. The van der Waals surface area contributed by atoms with Crippen molar-refractivity contribution in [3.05, 3.63) is 131 Å². The topological polar surface area (TPSA) is 336 Å². The van der Waals surface area contributed by atoms with E-state index in [0.717, 1.165) is 30.3 Å². The fourth-order valence-electron chi connectivity index (χ4n) is 6.31. The number of hydrogen-bond acceptors (Lipinski definition) is 20. The van der Waals surface area contributed by atoms with Crippen LogP contribution in [-0.2, 0) is 30.4 Å². The molecule has 0 aliphatic heterocycles. The third kappa shape index (κ3) is 12.9. The fourth-order valence-corrected chi connectivity index (χ4v) is 7.96. The van der Waals surface area contributed by atoms with Crippen LogP contribution in [0.2, 0.25) is 0 Å². The smallest absolute Gasteiger partial charge is 0.744 e. The minimum absolute atomic E-state index is 0. The van der Waals surface area contributed by atoms with E-state index in [1.807, 2.05) is 0 Å². The fraction of sp³-hybridized carbons (Fsp3) is 0.0488. The van der Waals surface area contributed by atoms with Gasteiger partial charge in [0, 0.05) is 45.4 Å². The number of nitrogens with two attached hydrogens (primary N) is 1. The van der Waals surface area contributed by atoms with E-state index in [1.165, 1.54) is 87.0 Å². The number of fused-ring (bicyclic) bond motifs is 2. The maximum atomic E-state index is 13.7. The molecule has 0 saturated carbocycles. The van der Waals surface area contributed by atoms with Crippen molar-refractivity contribution >= 4 is 104 Å². The number of nitrogens with zero attached hydrogens (tertiary/aromatic N) is 5. The maximum Gasteiger partial charge on any atom is 1.00 e. The summed E-state index contributed by atoms with van der Waals surface area (Å²) in [7, 11) is -12.5. The van der Waals surface area contributed by atoms with Gasteiger partial charge in [0.1, 0.15) is 58.9 Å². The second-order valence-electron chi connectivity index (χ2n) is 13.6. The summed E-state index contributed by atoms with van der Waals surface area (Å²) in [5.74, 6) is -1.47. The first kappa shape index (κ1) is 55.9. The molecule has 0 fully saturated rings. The number of azo groups is 2. The minimum Gasteiger partial charge on any atom is -0.744 e. The molecule has 68 heavy (non-hydrogen) atoms. The third-order valence-electron chi connectivity index (χ3n) is 9.37. The number of amides is 1. The predicted molar refractivity (Wildman–Crippen MR) is 233 cm³/mol. The van der Waals surface area contributed by atoms with Crippen molar-refractivity contribution in [3.8, 4) is 11.5 Å². The molecule has 1 aliphatic rings. The first-order chi connectivity index (χ1) is 30.7. The summed E-state index contributed by atoms with van der Waals surface area (Å²) < 4.78 is 119. The number of ether oxygens (including phenoxy) is 2. The van der Waals surface area contributed by atoms with Crippen LogP contribution in [0.3, 0.4) is 0 Å². The van der Waals surface area contributed by atoms with Crippen LogP contribution in [0.1, 0.15) is 26.3 Å². The monoisotopic (exact) mass is 1010 g/mol. The van der Waals surface area contributed by atoms with E-state index in [-0.39, 0.29) is 162 Å². The number of carbonyl (C=O) groups excluding carboxylic acids is 2. The van der Waals surface area contributed by atoms with Crippen molar-refractivity contribution in [2.75, 3.05) is 30.7 Å². The summed E-state index contributed by atoms with van der Waals surface area (Å²) in [6, 6.07) is 23.8. The maximum absolute atomic E-state index is 13.7. The summed E-state index contributed by atoms with van der Waals surface area (Å²) >= 11 is 0. The van der Waals surface area contributed by atoms with Crippen LogP contribution < -0.4 is 115 Å². The van der Waals surface area contributed by atoms with Crippen LogP contribution in [0.15, 0.2) is 149 Å². The zero-order valence-corrected chi connectivity index (χ0v) is 44.8. The van der Waals surface area contributed by atoms with E-state index < -0.39 is 62.5 Å². The number of nitrogens with one attached hydrogen (secondary N) is 2. The van der Waals surface area contributed by atoms with E-state index in [9.17, 15) is 48.5 Å². The van der Waals surface area contributed by atoms with Gasteiger partial charge in [-0.3, -0.25) is 15.0 Å². The Morgan fingerprint density at radius 3 is 1.91 bits per heavy atom. The largest absolute Gasteiger partial charge is 1.00 e. The normalized spacial score (nSPS) is 13.2. The second-order valence-corrected chi connectivity index (χ2v) is 17.7. The number of rotatable bonds is 13. The summed E-state index contributed by atoms with van der Waals surface area (Å²) in [6.07, 6.45) is 0.953. The van der Waals surface area contributed by atoms with Gasteiger partial charge in [-0.2, -0.15) is 10.2 Å². The number of carbonyl (C=O) groups is 2. The molecule has 6 aromatic carbocycles. The molecule has 0 saturated heterocycles. The summed E-state index contributed by atoms with van der Waals surface area (Å²) in [5, 5.41) is 23.6. The molecule has 1 amide bonds. The molecule has 0 heterocycles. The average Bonchev–Trinajstić information content (AvgIpc) is 3.26. The molecule has 0 radical (unpaired) electrons. The molecule has 1 aliphatic carbocycles. The number of allylic oxidation sites excluding steroid dienone is 1. The van der Waals surface area contributed by atoms with E-state index in [4.69, 9.17) is 15.2 Å². The van der Waals surface area contributed by atoms with Gasteiger partial charge in [-0.05, 0) is 90.5 Å². The Labute approximate surface area is 454 Å². The quantitative estimate of drug-likeness (QED) is 0.0367. The Morgan fingerprint density at radius 2 is 1.26 bits per heavy atom. The zero-order chi connectivity index (χ0) is 46.8. The molecule has 0 spiro atoms. The standard InChI is InChI=1S/C41H32N8O13S3.3Na/c1-61-36-21-35(48-49-39-38(65(58,59)60)17-23-16-25(9-11-29(23)40(39)50)43-41(51)22-5-3-6-24(42)15-22)37(62-2)20-34(36)47-46-33-14-13-32(30-12-10-28(19-31(30)33)64(55,56)57)45-44-26-7-4-8-27(18-26)63(52,53)54;;;/h3-21,48H,42H2,1-2H3,(H,43,51)(H,52,53,54)(H,55,56,57)(H,58,59,60);;;/q;3*+1/p-3/b45-44?,47-46?,49-39+;;;. The molecular formula is C41H29N8Na3O13S3. The molecular weight excluding hydrogens is 978 g/mol. The van der Waals surface area contributed by atoms with Gasteiger partial charge in [-0.1, -0.05) is 18.2 Å². The number of anilines is 3. The van der Waals surface area contributed by atoms with Crippen molar-refractivity contribution in [2.24, 2.45) is 25.6 Å². The van der Waals surface area contributed by atoms with Crippen LogP contribution in [0.25, 0.3) is 16.8 Å². The molecule has 27 heteroatoms.